The Bertz CT molecular complexity index is 362. The fraction of sp³-hybridized carbons (Fsp3) is 0.556. The van der Waals surface area contributed by atoms with E-state index in [1.54, 1.807) is 20.8 Å². The van der Waals surface area contributed by atoms with Gasteiger partial charge in [-0.2, -0.15) is 0 Å². The Morgan fingerprint density at radius 1 is 1.47 bits per heavy atom. The third-order valence-corrected chi connectivity index (χ3v) is 1.99. The Morgan fingerprint density at radius 3 is 2.60 bits per heavy atom. The molecule has 0 amide bonds. The zero-order chi connectivity index (χ0) is 11.6. The molecule has 15 heavy (non-hydrogen) atoms. The Balaban J connectivity index is 2.86. The van der Waals surface area contributed by atoms with Crippen molar-refractivity contribution in [3.63, 3.8) is 0 Å². The second kappa shape index (κ2) is 4.20. The number of aromatic nitrogens is 2. The van der Waals surface area contributed by atoms with Crippen molar-refractivity contribution in [2.24, 2.45) is 0 Å². The Kier molecular flexibility index (Phi) is 3.36. The quantitative estimate of drug-likeness (QED) is 0.680. The number of hydrogen-bond acceptors (Lipinski definition) is 5. The smallest absolute Gasteiger partial charge is 0.157 e. The van der Waals surface area contributed by atoms with Gasteiger partial charge in [-0.05, 0) is 20.8 Å². The van der Waals surface area contributed by atoms with Crippen molar-refractivity contribution in [2.75, 3.05) is 17.6 Å². The highest BCUT2D eigenvalue weighted by atomic mass is 35.5. The van der Waals surface area contributed by atoms with E-state index in [4.69, 9.17) is 17.3 Å². The van der Waals surface area contributed by atoms with Gasteiger partial charge in [-0.1, -0.05) is 11.6 Å². The highest BCUT2D eigenvalue weighted by molar-refractivity contribution is 6.32. The molecule has 5 nitrogen and oxygen atoms in total. The summed E-state index contributed by atoms with van der Waals surface area (Å²) >= 11 is 5.79. The van der Waals surface area contributed by atoms with Crippen molar-refractivity contribution in [2.45, 2.75) is 26.4 Å². The zero-order valence-electron chi connectivity index (χ0n) is 9.00. The van der Waals surface area contributed by atoms with E-state index in [0.717, 1.165) is 0 Å². The fourth-order valence-corrected chi connectivity index (χ4v) is 1.19. The number of hydrogen-bond donors (Lipinski definition) is 3. The molecule has 0 bridgehead atoms. The first kappa shape index (κ1) is 12.0. The maximum Gasteiger partial charge on any atom is 0.157 e. The van der Waals surface area contributed by atoms with Crippen LogP contribution in [-0.2, 0) is 0 Å². The van der Waals surface area contributed by atoms with E-state index in [1.807, 2.05) is 0 Å². The minimum absolute atomic E-state index is 0.223. The Morgan fingerprint density at radius 2 is 2.07 bits per heavy atom. The van der Waals surface area contributed by atoms with Gasteiger partial charge in [0.15, 0.2) is 11.0 Å². The molecule has 0 aliphatic rings. The number of anilines is 2. The summed E-state index contributed by atoms with van der Waals surface area (Å²) in [4.78, 5) is 8.00. The molecule has 0 aliphatic heterocycles. The van der Waals surface area contributed by atoms with Gasteiger partial charge in [-0.15, -0.1) is 0 Å². The number of aliphatic hydroxyl groups is 1. The summed E-state index contributed by atoms with van der Waals surface area (Å²) in [5, 5.41) is 12.7. The summed E-state index contributed by atoms with van der Waals surface area (Å²) in [5.74, 6) is 0.988. The first-order valence-electron chi connectivity index (χ1n) is 4.55. The van der Waals surface area contributed by atoms with Crippen molar-refractivity contribution in [1.82, 2.24) is 9.97 Å². The van der Waals surface area contributed by atoms with Crippen molar-refractivity contribution >= 4 is 23.1 Å². The zero-order valence-corrected chi connectivity index (χ0v) is 9.76. The second-order valence-electron chi connectivity index (χ2n) is 3.99. The van der Waals surface area contributed by atoms with Crippen molar-refractivity contribution in [1.29, 1.82) is 0 Å². The van der Waals surface area contributed by atoms with Gasteiger partial charge in [0.05, 0.1) is 5.60 Å². The highest BCUT2D eigenvalue weighted by Gasteiger charge is 2.14. The number of rotatable bonds is 3. The molecular weight excluding hydrogens is 216 g/mol. The molecule has 4 N–H and O–H groups in total. The average Bonchev–Trinajstić information content (AvgIpc) is 2.07. The summed E-state index contributed by atoms with van der Waals surface area (Å²) in [5.41, 5.74) is 5.14. The average molecular weight is 231 g/mol. The van der Waals surface area contributed by atoms with Crippen LogP contribution in [0.25, 0.3) is 0 Å². The van der Waals surface area contributed by atoms with Crippen LogP contribution in [0.1, 0.15) is 19.7 Å². The van der Waals surface area contributed by atoms with Gasteiger partial charge in [0.2, 0.25) is 0 Å². The number of nitrogens with zero attached hydrogens (tertiary/aromatic N) is 2. The van der Waals surface area contributed by atoms with Crippen LogP contribution >= 0.6 is 11.6 Å². The van der Waals surface area contributed by atoms with Gasteiger partial charge in [0.25, 0.3) is 0 Å². The predicted octanol–water partition coefficient (Wildman–Crippen LogP) is 1.20. The number of nitrogens with one attached hydrogen (secondary N) is 1. The molecule has 1 aromatic rings. The monoisotopic (exact) mass is 230 g/mol. The van der Waals surface area contributed by atoms with Crippen molar-refractivity contribution in [3.8, 4) is 0 Å². The van der Waals surface area contributed by atoms with Crippen LogP contribution in [0.2, 0.25) is 5.15 Å². The molecule has 0 fully saturated rings. The summed E-state index contributed by atoms with van der Waals surface area (Å²) < 4.78 is 0. The molecule has 0 atom stereocenters. The van der Waals surface area contributed by atoms with Crippen LogP contribution in [0.15, 0.2) is 0 Å². The van der Waals surface area contributed by atoms with E-state index >= 15 is 0 Å². The Labute approximate surface area is 93.7 Å². The van der Waals surface area contributed by atoms with Crippen LogP contribution in [0.5, 0.6) is 0 Å². The normalized spacial score (nSPS) is 11.5. The third-order valence-electron chi connectivity index (χ3n) is 1.70. The van der Waals surface area contributed by atoms with Gasteiger partial charge in [-0.3, -0.25) is 0 Å². The molecule has 0 radical (unpaired) electrons. The number of nitrogen functional groups attached to an aromatic ring is 1. The lowest BCUT2D eigenvalue weighted by molar-refractivity contribution is 0.0944. The van der Waals surface area contributed by atoms with Crippen LogP contribution in [0.4, 0.5) is 11.5 Å². The summed E-state index contributed by atoms with van der Waals surface area (Å²) in [7, 11) is 0. The van der Waals surface area contributed by atoms with Gasteiger partial charge >= 0.3 is 0 Å². The topological polar surface area (TPSA) is 84.1 Å². The van der Waals surface area contributed by atoms with Crippen molar-refractivity contribution in [3.05, 3.63) is 11.0 Å². The molecule has 1 heterocycles. The number of nitrogens with two attached hydrogens (primary N) is 1. The van der Waals surface area contributed by atoms with E-state index in [9.17, 15) is 5.11 Å². The molecule has 0 saturated heterocycles. The van der Waals surface area contributed by atoms with E-state index in [0.29, 0.717) is 23.9 Å². The van der Waals surface area contributed by atoms with Gasteiger partial charge < -0.3 is 16.2 Å². The molecular formula is C9H15ClN4O. The summed E-state index contributed by atoms with van der Waals surface area (Å²) in [6, 6.07) is 0. The van der Waals surface area contributed by atoms with Gasteiger partial charge in [-0.25, -0.2) is 9.97 Å². The van der Waals surface area contributed by atoms with Crippen LogP contribution in [0, 0.1) is 6.92 Å². The minimum atomic E-state index is -0.836. The second-order valence-corrected chi connectivity index (χ2v) is 4.35. The van der Waals surface area contributed by atoms with Crippen LogP contribution in [0.3, 0.4) is 0 Å². The van der Waals surface area contributed by atoms with E-state index < -0.39 is 5.60 Å². The number of halogens is 1. The lowest BCUT2D eigenvalue weighted by Gasteiger charge is -2.19. The molecule has 0 saturated carbocycles. The third kappa shape index (κ3) is 3.53. The fourth-order valence-electron chi connectivity index (χ4n) is 0.982. The highest BCUT2D eigenvalue weighted by Crippen LogP contribution is 2.23. The van der Waals surface area contributed by atoms with Crippen LogP contribution in [-0.4, -0.2) is 27.2 Å². The van der Waals surface area contributed by atoms with E-state index in [1.165, 1.54) is 0 Å². The van der Waals surface area contributed by atoms with Crippen molar-refractivity contribution < 1.29 is 5.11 Å². The summed E-state index contributed by atoms with van der Waals surface area (Å²) in [6.45, 7) is 5.43. The maximum absolute atomic E-state index is 9.53. The standard InChI is InChI=1S/C9H15ClN4O/c1-5-13-7(10)6(11)8(14-5)12-4-9(2,3)15/h15H,4,11H2,1-3H3,(H,12,13,14). The van der Waals surface area contributed by atoms with Gasteiger partial charge in [0, 0.05) is 6.54 Å². The molecule has 1 aromatic heterocycles. The lowest BCUT2D eigenvalue weighted by atomic mass is 10.1. The SMILES string of the molecule is Cc1nc(Cl)c(N)c(NCC(C)(C)O)n1. The molecule has 6 heteroatoms. The number of aryl methyl sites for hydroxylation is 1. The predicted molar refractivity (Wildman–Crippen MR) is 61.0 cm³/mol. The van der Waals surface area contributed by atoms with E-state index in [-0.39, 0.29) is 5.15 Å². The largest absolute Gasteiger partial charge is 0.393 e. The molecule has 0 spiro atoms. The summed E-state index contributed by atoms with van der Waals surface area (Å²) in [6.07, 6.45) is 0. The minimum Gasteiger partial charge on any atom is -0.393 e. The van der Waals surface area contributed by atoms with Gasteiger partial charge in [0.1, 0.15) is 11.5 Å². The Hall–Kier alpha value is -1.07. The molecule has 84 valence electrons. The molecule has 0 aromatic carbocycles. The van der Waals surface area contributed by atoms with E-state index in [2.05, 4.69) is 15.3 Å². The first-order chi connectivity index (χ1) is 6.79. The molecule has 0 aliphatic carbocycles. The molecule has 0 unspecified atom stereocenters. The van der Waals surface area contributed by atoms with Crippen LogP contribution < -0.4 is 11.1 Å². The lowest BCUT2D eigenvalue weighted by Crippen LogP contribution is -2.30. The first-order valence-corrected chi connectivity index (χ1v) is 4.93. The molecule has 1 rings (SSSR count). The maximum atomic E-state index is 9.53.